The van der Waals surface area contributed by atoms with Crippen molar-refractivity contribution in [3.05, 3.63) is 50.9 Å². The Morgan fingerprint density at radius 3 is 3.04 bits per heavy atom. The number of thiophene rings is 1. The standard InChI is InChI=1S/C18H17N3O3S/c1-24-14-8-11(6-7-13(14)22)9-20-21-10-19-17-16(18(21)23)12-4-2-3-5-15(12)25-17/h6-10,22H,2-5H2,1H3. The summed E-state index contributed by atoms with van der Waals surface area (Å²) in [6.45, 7) is 0. The molecule has 6 nitrogen and oxygen atoms in total. The van der Waals surface area contributed by atoms with Gasteiger partial charge in [-0.25, -0.2) is 4.98 Å². The maximum atomic E-state index is 12.8. The Labute approximate surface area is 148 Å². The molecule has 0 spiro atoms. The molecule has 1 aliphatic rings. The van der Waals surface area contributed by atoms with Crippen molar-refractivity contribution in [3.63, 3.8) is 0 Å². The SMILES string of the molecule is COc1cc(C=Nn2cnc3sc4c(c3c2=O)CCCC4)ccc1O. The normalized spacial score (nSPS) is 14.1. The van der Waals surface area contributed by atoms with Crippen LogP contribution >= 0.6 is 11.3 Å². The van der Waals surface area contributed by atoms with Crippen LogP contribution in [0.3, 0.4) is 0 Å². The molecule has 25 heavy (non-hydrogen) atoms. The van der Waals surface area contributed by atoms with Gasteiger partial charge >= 0.3 is 0 Å². The Bertz CT molecular complexity index is 1040. The first-order chi connectivity index (χ1) is 12.2. The average Bonchev–Trinajstić information content (AvgIpc) is 3.01. The molecule has 0 aliphatic heterocycles. The van der Waals surface area contributed by atoms with Gasteiger partial charge in [0.2, 0.25) is 0 Å². The van der Waals surface area contributed by atoms with Gasteiger partial charge in [-0.15, -0.1) is 11.3 Å². The van der Waals surface area contributed by atoms with Crippen LogP contribution in [0.1, 0.15) is 28.8 Å². The van der Waals surface area contributed by atoms with Crippen LogP contribution < -0.4 is 10.3 Å². The van der Waals surface area contributed by atoms with E-state index in [1.165, 1.54) is 35.5 Å². The number of aromatic hydroxyl groups is 1. The second-order valence-electron chi connectivity index (χ2n) is 5.96. The lowest BCUT2D eigenvalue weighted by atomic mass is 9.97. The molecule has 1 N–H and O–H groups in total. The maximum Gasteiger partial charge on any atom is 0.282 e. The lowest BCUT2D eigenvalue weighted by Gasteiger charge is -2.09. The molecule has 0 amide bonds. The molecule has 128 valence electrons. The summed E-state index contributed by atoms with van der Waals surface area (Å²) < 4.78 is 6.35. The van der Waals surface area contributed by atoms with Gasteiger partial charge < -0.3 is 9.84 Å². The third-order valence-corrected chi connectivity index (χ3v) is 5.59. The highest BCUT2D eigenvalue weighted by Crippen LogP contribution is 2.33. The Balaban J connectivity index is 1.75. The fourth-order valence-corrected chi connectivity index (χ4v) is 4.34. The second kappa shape index (κ2) is 6.33. The van der Waals surface area contributed by atoms with Crippen LogP contribution in [0, 0.1) is 0 Å². The highest BCUT2D eigenvalue weighted by molar-refractivity contribution is 7.18. The molecule has 1 aliphatic carbocycles. The van der Waals surface area contributed by atoms with Crippen LogP contribution in [0.25, 0.3) is 10.2 Å². The predicted molar refractivity (Wildman–Crippen MR) is 98.2 cm³/mol. The van der Waals surface area contributed by atoms with E-state index in [-0.39, 0.29) is 11.3 Å². The molecule has 0 radical (unpaired) electrons. The largest absolute Gasteiger partial charge is 0.504 e. The highest BCUT2D eigenvalue weighted by Gasteiger charge is 2.19. The van der Waals surface area contributed by atoms with E-state index in [1.807, 2.05) is 0 Å². The zero-order chi connectivity index (χ0) is 17.4. The summed E-state index contributed by atoms with van der Waals surface area (Å²) in [5.41, 5.74) is 1.74. The first kappa shape index (κ1) is 15.8. The first-order valence-electron chi connectivity index (χ1n) is 8.10. The van der Waals surface area contributed by atoms with E-state index in [1.54, 1.807) is 29.7 Å². The number of nitrogens with zero attached hydrogens (tertiary/aromatic N) is 3. The Morgan fingerprint density at radius 2 is 2.20 bits per heavy atom. The van der Waals surface area contributed by atoms with E-state index in [2.05, 4.69) is 10.1 Å². The molecule has 1 aromatic carbocycles. The topological polar surface area (TPSA) is 76.7 Å². The number of hydrogen-bond acceptors (Lipinski definition) is 6. The van der Waals surface area contributed by atoms with Gasteiger partial charge in [0.05, 0.1) is 18.7 Å². The number of methoxy groups -OCH3 is 1. The number of aryl methyl sites for hydroxylation is 2. The van der Waals surface area contributed by atoms with Gasteiger partial charge in [0.25, 0.3) is 5.56 Å². The van der Waals surface area contributed by atoms with Crippen molar-refractivity contribution < 1.29 is 9.84 Å². The minimum absolute atomic E-state index is 0.0600. The van der Waals surface area contributed by atoms with E-state index < -0.39 is 0 Å². The Morgan fingerprint density at radius 1 is 1.36 bits per heavy atom. The smallest absolute Gasteiger partial charge is 0.282 e. The van der Waals surface area contributed by atoms with Gasteiger partial charge in [-0.05, 0) is 55.0 Å². The van der Waals surface area contributed by atoms with Crippen LogP contribution in [0.2, 0.25) is 0 Å². The molecule has 2 aromatic heterocycles. The number of phenolic OH excluding ortho intramolecular Hbond substituents is 1. The number of hydrogen-bond donors (Lipinski definition) is 1. The second-order valence-corrected chi connectivity index (χ2v) is 7.04. The van der Waals surface area contributed by atoms with Crippen LogP contribution in [0.15, 0.2) is 34.4 Å². The summed E-state index contributed by atoms with van der Waals surface area (Å²) in [5.74, 6) is 0.418. The quantitative estimate of drug-likeness (QED) is 0.733. The molecule has 7 heteroatoms. The number of ether oxygens (including phenoxy) is 1. The molecule has 3 aromatic rings. The molecule has 0 unspecified atom stereocenters. The van der Waals surface area contributed by atoms with Crippen LogP contribution in [-0.2, 0) is 12.8 Å². The van der Waals surface area contributed by atoms with Crippen molar-refractivity contribution in [2.45, 2.75) is 25.7 Å². The highest BCUT2D eigenvalue weighted by atomic mass is 32.1. The summed E-state index contributed by atoms with van der Waals surface area (Å²) in [6.07, 6.45) is 7.27. The third kappa shape index (κ3) is 2.80. The number of phenols is 1. The zero-order valence-corrected chi connectivity index (χ0v) is 14.5. The summed E-state index contributed by atoms with van der Waals surface area (Å²) in [6, 6.07) is 4.88. The number of benzene rings is 1. The fraction of sp³-hybridized carbons (Fsp3) is 0.278. The minimum atomic E-state index is -0.133. The lowest BCUT2D eigenvalue weighted by molar-refractivity contribution is 0.373. The molecule has 0 saturated carbocycles. The number of rotatable bonds is 3. The van der Waals surface area contributed by atoms with E-state index in [9.17, 15) is 9.90 Å². The number of aromatic nitrogens is 2. The summed E-state index contributed by atoms with van der Waals surface area (Å²) in [4.78, 5) is 19.3. The van der Waals surface area contributed by atoms with Crippen molar-refractivity contribution in [2.24, 2.45) is 5.10 Å². The van der Waals surface area contributed by atoms with Gasteiger partial charge in [-0.2, -0.15) is 9.78 Å². The van der Waals surface area contributed by atoms with Crippen molar-refractivity contribution >= 4 is 27.8 Å². The van der Waals surface area contributed by atoms with Gasteiger partial charge in [-0.1, -0.05) is 0 Å². The molecule has 0 fully saturated rings. The van der Waals surface area contributed by atoms with Crippen molar-refractivity contribution in [1.29, 1.82) is 0 Å². The van der Waals surface area contributed by atoms with E-state index in [0.29, 0.717) is 16.7 Å². The van der Waals surface area contributed by atoms with Gasteiger partial charge in [0, 0.05) is 4.88 Å². The third-order valence-electron chi connectivity index (χ3n) is 4.39. The molecule has 0 atom stereocenters. The monoisotopic (exact) mass is 355 g/mol. The molecule has 0 bridgehead atoms. The van der Waals surface area contributed by atoms with Gasteiger partial charge in [-0.3, -0.25) is 4.79 Å². The van der Waals surface area contributed by atoms with Gasteiger partial charge in [0.15, 0.2) is 11.5 Å². The lowest BCUT2D eigenvalue weighted by Crippen LogP contribution is -2.18. The van der Waals surface area contributed by atoms with Crippen LogP contribution in [-0.4, -0.2) is 28.1 Å². The van der Waals surface area contributed by atoms with Crippen molar-refractivity contribution in [1.82, 2.24) is 9.66 Å². The fourth-order valence-electron chi connectivity index (χ4n) is 3.12. The van der Waals surface area contributed by atoms with Crippen LogP contribution in [0.5, 0.6) is 11.5 Å². The molecular formula is C18H17N3O3S. The minimum Gasteiger partial charge on any atom is -0.504 e. The average molecular weight is 355 g/mol. The summed E-state index contributed by atoms with van der Waals surface area (Å²) in [7, 11) is 1.48. The van der Waals surface area contributed by atoms with Crippen molar-refractivity contribution in [2.75, 3.05) is 7.11 Å². The van der Waals surface area contributed by atoms with Crippen molar-refractivity contribution in [3.8, 4) is 11.5 Å². The zero-order valence-electron chi connectivity index (χ0n) is 13.7. The first-order valence-corrected chi connectivity index (χ1v) is 8.92. The van der Waals surface area contributed by atoms with E-state index in [0.717, 1.165) is 29.7 Å². The molecular weight excluding hydrogens is 338 g/mol. The summed E-state index contributed by atoms with van der Waals surface area (Å²) in [5, 5.41) is 14.6. The Kier molecular flexibility index (Phi) is 4.01. The van der Waals surface area contributed by atoms with E-state index >= 15 is 0 Å². The Hall–Kier alpha value is -2.67. The predicted octanol–water partition coefficient (Wildman–Crippen LogP) is 2.93. The van der Waals surface area contributed by atoms with E-state index in [4.69, 9.17) is 4.74 Å². The maximum absolute atomic E-state index is 12.8. The number of fused-ring (bicyclic) bond motifs is 3. The summed E-state index contributed by atoms with van der Waals surface area (Å²) >= 11 is 1.62. The van der Waals surface area contributed by atoms with Gasteiger partial charge in [0.1, 0.15) is 11.2 Å². The molecule has 0 saturated heterocycles. The molecule has 4 rings (SSSR count). The van der Waals surface area contributed by atoms with Crippen LogP contribution in [0.4, 0.5) is 0 Å². The molecule has 2 heterocycles.